The summed E-state index contributed by atoms with van der Waals surface area (Å²) < 4.78 is 20.3. The zero-order valence-electron chi connectivity index (χ0n) is 22.4. The third kappa shape index (κ3) is 3.06. The maximum absolute atomic E-state index is 16.0. The van der Waals surface area contributed by atoms with Gasteiger partial charge in [-0.15, -0.1) is 0 Å². The lowest BCUT2D eigenvalue weighted by Crippen LogP contribution is -2.22. The molecule has 9 rings (SSSR count). The molecule has 0 aliphatic rings. The number of benzene rings is 5. The number of pyridine rings is 2. The van der Waals surface area contributed by atoms with E-state index >= 15 is 4.57 Å². The fourth-order valence-electron chi connectivity index (χ4n) is 6.62. The average molecular weight is 559 g/mol. The second kappa shape index (κ2) is 8.62. The maximum Gasteiger partial charge on any atom is 0.234 e. The molecule has 6 heteroatoms. The Morgan fingerprint density at radius 2 is 1.07 bits per heavy atom. The molecule has 5 nitrogen and oxygen atoms in total. The number of fused-ring (bicyclic) bond motifs is 11. The molecule has 42 heavy (non-hydrogen) atoms. The van der Waals surface area contributed by atoms with Gasteiger partial charge < -0.3 is 0 Å². The molecule has 1 unspecified atom stereocenters. The molecule has 0 bridgehead atoms. The molecule has 0 fully saturated rings. The Bertz CT molecular complexity index is 2510. The van der Waals surface area contributed by atoms with E-state index in [0.717, 1.165) is 70.8 Å². The summed E-state index contributed by atoms with van der Waals surface area (Å²) in [5.41, 5.74) is 5.88. The van der Waals surface area contributed by atoms with E-state index in [1.165, 1.54) is 0 Å². The minimum absolute atomic E-state index is 0.736. The fraction of sp³-hybridized carbons (Fsp3) is 0. The Morgan fingerprint density at radius 1 is 0.500 bits per heavy atom. The molecule has 0 radical (unpaired) electrons. The zero-order valence-corrected chi connectivity index (χ0v) is 23.3. The number of hydrogen-bond acceptors (Lipinski definition) is 3. The van der Waals surface area contributed by atoms with Crippen LogP contribution in [0.5, 0.6) is 0 Å². The average Bonchev–Trinajstić information content (AvgIpc) is 3.62. The van der Waals surface area contributed by atoms with E-state index < -0.39 is 7.29 Å². The Balaban J connectivity index is 1.45. The highest BCUT2D eigenvalue weighted by Crippen LogP contribution is 2.51. The van der Waals surface area contributed by atoms with E-state index in [-0.39, 0.29) is 0 Å². The first-order valence-electron chi connectivity index (χ1n) is 14.0. The van der Waals surface area contributed by atoms with Gasteiger partial charge in [0.05, 0.1) is 27.6 Å². The van der Waals surface area contributed by atoms with Crippen molar-refractivity contribution in [2.75, 3.05) is 0 Å². The second-order valence-corrected chi connectivity index (χ2v) is 13.2. The molecule has 0 spiro atoms. The van der Waals surface area contributed by atoms with Crippen molar-refractivity contribution in [3.8, 4) is 0 Å². The molecule has 5 aromatic carbocycles. The molecule has 4 heterocycles. The van der Waals surface area contributed by atoms with Crippen LogP contribution in [0, 0.1) is 0 Å². The summed E-state index contributed by atoms with van der Waals surface area (Å²) in [6.07, 6.45) is 3.46. The summed E-state index contributed by atoms with van der Waals surface area (Å²) in [5, 5.41) is 6.81. The topological polar surface area (TPSA) is 52.2 Å². The van der Waals surface area contributed by atoms with E-state index in [4.69, 9.17) is 4.98 Å². The van der Waals surface area contributed by atoms with Gasteiger partial charge in [-0.2, -0.15) is 0 Å². The van der Waals surface area contributed by atoms with E-state index in [9.17, 15) is 0 Å². The smallest absolute Gasteiger partial charge is 0.234 e. The van der Waals surface area contributed by atoms with Gasteiger partial charge in [0, 0.05) is 44.5 Å². The predicted octanol–water partition coefficient (Wildman–Crippen LogP) is 8.07. The fourth-order valence-corrected chi connectivity index (χ4v) is 9.45. The third-order valence-corrected chi connectivity index (χ3v) is 11.4. The van der Waals surface area contributed by atoms with Gasteiger partial charge >= 0.3 is 0 Å². The number of hydrogen-bond donors (Lipinski definition) is 0. The molecule has 0 aliphatic carbocycles. The molecule has 0 amide bonds. The lowest BCUT2D eigenvalue weighted by atomic mass is 10.1. The highest BCUT2D eigenvalue weighted by Gasteiger charge is 2.33. The number of aromatic nitrogens is 4. The highest BCUT2D eigenvalue weighted by molar-refractivity contribution is 7.77. The van der Waals surface area contributed by atoms with Crippen LogP contribution in [0.1, 0.15) is 0 Å². The number of para-hydroxylation sites is 5. The molecule has 0 N–H and O–H groups in total. The quantitative estimate of drug-likeness (QED) is 0.163. The molecular formula is C36H23N4OP. The van der Waals surface area contributed by atoms with Gasteiger partial charge in [-0.05, 0) is 66.0 Å². The molecule has 1 atom stereocenters. The Hall–Kier alpha value is -5.25. The van der Waals surface area contributed by atoms with Crippen LogP contribution in [0.2, 0.25) is 0 Å². The molecule has 0 saturated carbocycles. The number of imidazole rings is 1. The van der Waals surface area contributed by atoms with Crippen molar-refractivity contribution < 1.29 is 4.57 Å². The first-order valence-corrected chi connectivity index (χ1v) is 15.6. The van der Waals surface area contributed by atoms with Crippen molar-refractivity contribution in [1.29, 1.82) is 0 Å². The molecule has 4 aromatic heterocycles. The van der Waals surface area contributed by atoms with Crippen molar-refractivity contribution in [2.45, 2.75) is 0 Å². The first kappa shape index (κ1) is 23.5. The second-order valence-electron chi connectivity index (χ2n) is 10.6. The Kier molecular flexibility index (Phi) is 4.82. The van der Waals surface area contributed by atoms with E-state index in [1.54, 1.807) is 12.4 Å². The zero-order chi connectivity index (χ0) is 27.8. The van der Waals surface area contributed by atoms with Gasteiger partial charge in [0.25, 0.3) is 0 Å². The van der Waals surface area contributed by atoms with Crippen molar-refractivity contribution in [3.05, 3.63) is 140 Å². The minimum Gasteiger partial charge on any atom is -0.292 e. The van der Waals surface area contributed by atoms with Crippen LogP contribution in [0.15, 0.2) is 140 Å². The van der Waals surface area contributed by atoms with Crippen LogP contribution in [0.25, 0.3) is 60.2 Å². The summed E-state index contributed by atoms with van der Waals surface area (Å²) in [5.74, 6) is 0. The van der Waals surface area contributed by atoms with Crippen molar-refractivity contribution >= 4 is 78.1 Å². The van der Waals surface area contributed by atoms with Gasteiger partial charge in [0.2, 0.25) is 7.29 Å². The SMILES string of the molecule is O=P(c1ccncc1)(c1ccc2c(c1)c1ccccc1n1c3ccccc3nc21)n1c2ccccc2c2ccccc21. The molecule has 0 aliphatic heterocycles. The van der Waals surface area contributed by atoms with Crippen molar-refractivity contribution in [2.24, 2.45) is 0 Å². The van der Waals surface area contributed by atoms with E-state index in [0.29, 0.717) is 0 Å². The lowest BCUT2D eigenvalue weighted by Gasteiger charge is -2.24. The van der Waals surface area contributed by atoms with Crippen LogP contribution in [-0.4, -0.2) is 18.7 Å². The van der Waals surface area contributed by atoms with Gasteiger partial charge in [-0.1, -0.05) is 66.7 Å². The first-order chi connectivity index (χ1) is 20.7. The maximum atomic E-state index is 16.0. The largest absolute Gasteiger partial charge is 0.292 e. The summed E-state index contributed by atoms with van der Waals surface area (Å²) in [6.45, 7) is 0. The highest BCUT2D eigenvalue weighted by atomic mass is 31.2. The Morgan fingerprint density at radius 3 is 1.76 bits per heavy atom. The normalized spacial score (nSPS) is 13.5. The summed E-state index contributed by atoms with van der Waals surface area (Å²) in [6, 6.07) is 43.1. The number of rotatable bonds is 3. The monoisotopic (exact) mass is 558 g/mol. The van der Waals surface area contributed by atoms with Crippen molar-refractivity contribution in [1.82, 2.24) is 18.7 Å². The van der Waals surface area contributed by atoms with Crippen LogP contribution in [-0.2, 0) is 4.57 Å². The molecular weight excluding hydrogens is 535 g/mol. The summed E-state index contributed by atoms with van der Waals surface area (Å²) in [7, 11) is -3.44. The van der Waals surface area contributed by atoms with E-state index in [1.807, 2.05) is 48.5 Å². The van der Waals surface area contributed by atoms with Crippen LogP contribution in [0.3, 0.4) is 0 Å². The third-order valence-electron chi connectivity index (χ3n) is 8.44. The lowest BCUT2D eigenvalue weighted by molar-refractivity contribution is 0.583. The van der Waals surface area contributed by atoms with Crippen LogP contribution >= 0.6 is 7.29 Å². The molecule has 9 aromatic rings. The van der Waals surface area contributed by atoms with Crippen LogP contribution < -0.4 is 10.6 Å². The molecule has 0 saturated heterocycles. The summed E-state index contributed by atoms with van der Waals surface area (Å²) >= 11 is 0. The standard InChI is InChI=1S/C36H23N4OP/c41-42(24-19-21-37-22-20-24,40-33-14-6-2-9-26(33)27-10-3-7-15-34(27)40)25-17-18-29-30(23-25)28-11-1-5-13-32(28)39-35-16-8-4-12-31(35)38-36(29)39/h1-23H. The molecule has 198 valence electrons. The predicted molar refractivity (Wildman–Crippen MR) is 174 cm³/mol. The van der Waals surface area contributed by atoms with Crippen LogP contribution in [0.4, 0.5) is 0 Å². The van der Waals surface area contributed by atoms with Gasteiger partial charge in [0.15, 0.2) is 0 Å². The summed E-state index contributed by atoms with van der Waals surface area (Å²) in [4.78, 5) is 9.32. The number of nitrogens with zero attached hydrogens (tertiary/aromatic N) is 4. The van der Waals surface area contributed by atoms with E-state index in [2.05, 4.69) is 92.6 Å². The Labute approximate surface area is 240 Å². The van der Waals surface area contributed by atoms with Gasteiger partial charge in [-0.25, -0.2) is 4.98 Å². The van der Waals surface area contributed by atoms with Crippen molar-refractivity contribution in [3.63, 3.8) is 0 Å². The minimum atomic E-state index is -3.44. The van der Waals surface area contributed by atoms with Gasteiger partial charge in [0.1, 0.15) is 5.65 Å². The van der Waals surface area contributed by atoms with Gasteiger partial charge in [-0.3, -0.25) is 18.3 Å².